The van der Waals surface area contributed by atoms with Crippen LogP contribution < -0.4 is 21.3 Å². The minimum atomic E-state index is -1.22. The smallest absolute Gasteiger partial charge is 0.432 e. The average molecular weight is 557 g/mol. The molecule has 220 valence electrons. The van der Waals surface area contributed by atoms with E-state index in [1.807, 2.05) is 0 Å². The number of ketones is 1. The topological polar surface area (TPSA) is 169 Å². The molecule has 0 saturated carbocycles. The maximum absolute atomic E-state index is 13.8. The van der Waals surface area contributed by atoms with Gasteiger partial charge in [-0.15, -0.1) is 0 Å². The van der Waals surface area contributed by atoms with Crippen LogP contribution in [-0.2, 0) is 33.4 Å². The number of ether oxygens (including phenoxy) is 2. The molecule has 1 aromatic rings. The zero-order chi connectivity index (χ0) is 28.9. The first-order valence-corrected chi connectivity index (χ1v) is 12.8. The van der Waals surface area contributed by atoms with Gasteiger partial charge in [0.2, 0.25) is 11.8 Å². The zero-order valence-electron chi connectivity index (χ0n) is 22.2. The summed E-state index contributed by atoms with van der Waals surface area (Å²) >= 11 is 0. The lowest BCUT2D eigenvalue weighted by Crippen LogP contribution is -2.54. The van der Waals surface area contributed by atoms with Crippen LogP contribution in [0.5, 0.6) is 0 Å². The Morgan fingerprint density at radius 1 is 1.10 bits per heavy atom. The van der Waals surface area contributed by atoms with E-state index >= 15 is 0 Å². The summed E-state index contributed by atoms with van der Waals surface area (Å²) in [6.45, 7) is 4.75. The molecule has 2 unspecified atom stereocenters. The second-order valence-corrected chi connectivity index (χ2v) is 9.35. The van der Waals surface area contributed by atoms with E-state index in [0.717, 1.165) is 6.07 Å². The van der Waals surface area contributed by atoms with E-state index in [0.29, 0.717) is 25.8 Å². The number of piperidine rings is 1. The van der Waals surface area contributed by atoms with Crippen molar-refractivity contribution in [1.29, 1.82) is 0 Å². The Kier molecular flexibility index (Phi) is 12.3. The summed E-state index contributed by atoms with van der Waals surface area (Å²) in [5, 5.41) is 9.68. The summed E-state index contributed by atoms with van der Waals surface area (Å²) in [7, 11) is 0. The van der Waals surface area contributed by atoms with Crippen LogP contribution in [0.1, 0.15) is 57.2 Å². The number of para-hydroxylation sites is 1. The summed E-state index contributed by atoms with van der Waals surface area (Å²) in [4.78, 5) is 74.8. The minimum absolute atomic E-state index is 0. The van der Waals surface area contributed by atoms with Crippen molar-refractivity contribution in [2.75, 3.05) is 18.5 Å². The van der Waals surface area contributed by atoms with Gasteiger partial charge in [-0.1, -0.05) is 25.5 Å². The second-order valence-electron chi connectivity index (χ2n) is 9.35. The summed E-state index contributed by atoms with van der Waals surface area (Å²) in [5.41, 5.74) is -0.207. The normalized spacial score (nSPS) is 16.3. The van der Waals surface area contributed by atoms with Gasteiger partial charge in [-0.05, 0) is 51.7 Å². The molecule has 13 heteroatoms. The molecule has 0 aromatic heterocycles. The number of anilines is 1. The van der Waals surface area contributed by atoms with Crippen molar-refractivity contribution in [3.05, 3.63) is 30.1 Å². The van der Waals surface area contributed by atoms with Crippen molar-refractivity contribution in [3.63, 3.8) is 0 Å². The van der Waals surface area contributed by atoms with Gasteiger partial charge >= 0.3 is 18.0 Å². The Bertz CT molecular complexity index is 1080. The fourth-order valence-corrected chi connectivity index (χ4v) is 3.87. The number of hydrogen-bond donors (Lipinski definition) is 4. The molecule has 0 spiro atoms. The number of Topliss-reactive ketones (excluding diaryl/α,β-unsaturated/α-hetero) is 1. The Morgan fingerprint density at radius 2 is 1.82 bits per heavy atom. The lowest BCUT2D eigenvalue weighted by molar-refractivity contribution is -0.138. The van der Waals surface area contributed by atoms with Gasteiger partial charge in [-0.2, -0.15) is 0 Å². The third kappa shape index (κ3) is 10.3. The minimum Gasteiger partial charge on any atom is -0.432 e. The van der Waals surface area contributed by atoms with E-state index in [9.17, 15) is 33.2 Å². The predicted molar refractivity (Wildman–Crippen MR) is 143 cm³/mol. The SMILES string of the molecule is CCC[C@H](NC(=O)C(=O)Nc1ccccc1F)C(=O)NC(CC1CCCNC1=O)C(=O)COC(=O)OC(C)C.[HH].[HH].[HH]. The van der Waals surface area contributed by atoms with Crippen LogP contribution in [0.25, 0.3) is 0 Å². The van der Waals surface area contributed by atoms with Gasteiger partial charge in [-0.25, -0.2) is 9.18 Å². The van der Waals surface area contributed by atoms with Crippen LogP contribution in [0.3, 0.4) is 0 Å². The number of halogens is 1. The van der Waals surface area contributed by atoms with Crippen molar-refractivity contribution in [3.8, 4) is 0 Å². The van der Waals surface area contributed by atoms with Gasteiger partial charge in [-0.3, -0.25) is 24.0 Å². The van der Waals surface area contributed by atoms with Gasteiger partial charge in [0.05, 0.1) is 17.8 Å². The Hall–Kier alpha value is -4.03. The molecule has 0 aliphatic carbocycles. The lowest BCUT2D eigenvalue weighted by atomic mass is 9.90. The zero-order valence-corrected chi connectivity index (χ0v) is 22.2. The largest absolute Gasteiger partial charge is 0.508 e. The molecule has 1 fully saturated rings. The molecule has 4 amide bonds. The summed E-state index contributed by atoms with van der Waals surface area (Å²) in [6, 6.07) is 2.84. The molecule has 1 aliphatic heterocycles. The average Bonchev–Trinajstić information content (AvgIpc) is 2.88. The van der Waals surface area contributed by atoms with Crippen LogP contribution in [0.15, 0.2) is 24.3 Å². The molecule has 1 heterocycles. The third-order valence-electron chi connectivity index (χ3n) is 5.82. The van der Waals surface area contributed by atoms with Crippen LogP contribution in [0.4, 0.5) is 14.9 Å². The second kappa shape index (κ2) is 15.4. The molecule has 12 nitrogen and oxygen atoms in total. The first-order chi connectivity index (χ1) is 18.5. The summed E-state index contributed by atoms with van der Waals surface area (Å²) < 4.78 is 23.5. The van der Waals surface area contributed by atoms with Crippen LogP contribution in [-0.4, -0.2) is 66.9 Å². The maximum Gasteiger partial charge on any atom is 0.508 e. The highest BCUT2D eigenvalue weighted by molar-refractivity contribution is 6.40. The van der Waals surface area contributed by atoms with Crippen LogP contribution >= 0.6 is 0 Å². The first-order valence-electron chi connectivity index (χ1n) is 12.8. The molecular weight excluding hydrogens is 515 g/mol. The number of hydrogen-bond acceptors (Lipinski definition) is 8. The number of amides is 4. The molecule has 1 aromatic carbocycles. The number of carbonyl (C=O) groups excluding carboxylic acids is 6. The number of carbonyl (C=O) groups is 6. The van der Waals surface area contributed by atoms with E-state index < -0.39 is 66.2 Å². The Labute approximate surface area is 230 Å². The molecule has 1 aliphatic rings. The van der Waals surface area contributed by atoms with E-state index in [4.69, 9.17) is 9.47 Å². The lowest BCUT2D eigenvalue weighted by Gasteiger charge is -2.27. The highest BCUT2D eigenvalue weighted by Gasteiger charge is 2.33. The fraction of sp³-hybridized carbons (Fsp3) is 0.538. The number of benzene rings is 1. The quantitative estimate of drug-likeness (QED) is 0.225. The highest BCUT2D eigenvalue weighted by atomic mass is 19.1. The molecule has 39 heavy (non-hydrogen) atoms. The van der Waals surface area contributed by atoms with Crippen molar-refractivity contribution in [2.24, 2.45) is 5.92 Å². The number of rotatable bonds is 12. The maximum atomic E-state index is 13.8. The van der Waals surface area contributed by atoms with Gasteiger partial charge in [0.25, 0.3) is 0 Å². The molecule has 0 bridgehead atoms. The molecule has 0 radical (unpaired) electrons. The van der Waals surface area contributed by atoms with E-state index in [2.05, 4.69) is 21.3 Å². The van der Waals surface area contributed by atoms with Gasteiger partial charge in [0.15, 0.2) is 12.4 Å². The van der Waals surface area contributed by atoms with Crippen molar-refractivity contribution in [1.82, 2.24) is 16.0 Å². The summed E-state index contributed by atoms with van der Waals surface area (Å²) in [5.74, 6) is -5.39. The first kappa shape index (κ1) is 31.2. The van der Waals surface area contributed by atoms with Crippen molar-refractivity contribution >= 4 is 41.3 Å². The van der Waals surface area contributed by atoms with E-state index in [-0.39, 0.29) is 28.7 Å². The molecule has 4 N–H and O–H groups in total. The van der Waals surface area contributed by atoms with E-state index in [1.54, 1.807) is 20.8 Å². The summed E-state index contributed by atoms with van der Waals surface area (Å²) in [6.07, 6.45) is 0.146. The molecule has 3 atom stereocenters. The third-order valence-corrected chi connectivity index (χ3v) is 5.82. The monoisotopic (exact) mass is 556 g/mol. The molecule has 1 saturated heterocycles. The Balaban J connectivity index is 0. The van der Waals surface area contributed by atoms with Crippen LogP contribution in [0.2, 0.25) is 0 Å². The fourth-order valence-electron chi connectivity index (χ4n) is 3.87. The number of nitrogens with one attached hydrogen (secondary N) is 4. The standard InChI is InChI=1S/C26H35FN4O8.3H2/c1-4-8-19(30-25(36)24(35)29-18-11-6-5-10-17(18)27)23(34)31-20(13-16-9-7-12-28-22(16)33)21(32)14-38-26(37)39-15(2)3;;;/h5-6,10-11,15-16,19-20H,4,7-9,12-14H2,1-3H3,(H,28,33)(H,29,35)(H,30,36)(H,31,34);3*1H/t16?,19-,20?;;;/m0.../s1. The van der Waals surface area contributed by atoms with Gasteiger partial charge < -0.3 is 30.7 Å². The Morgan fingerprint density at radius 3 is 2.46 bits per heavy atom. The molecule has 2 rings (SSSR count). The van der Waals surface area contributed by atoms with Gasteiger partial charge in [0.1, 0.15) is 11.9 Å². The molecular formula is C26H41FN4O8. The van der Waals surface area contributed by atoms with Crippen molar-refractivity contribution in [2.45, 2.75) is 71.1 Å². The van der Waals surface area contributed by atoms with E-state index in [1.165, 1.54) is 18.2 Å². The van der Waals surface area contributed by atoms with Crippen molar-refractivity contribution < 1.29 is 46.9 Å². The highest BCUT2D eigenvalue weighted by Crippen LogP contribution is 2.18. The van der Waals surface area contributed by atoms with Crippen LogP contribution in [0, 0.1) is 11.7 Å². The predicted octanol–water partition coefficient (Wildman–Crippen LogP) is 2.32. The van der Waals surface area contributed by atoms with Gasteiger partial charge in [0, 0.05) is 16.7 Å².